The van der Waals surface area contributed by atoms with E-state index in [2.05, 4.69) is 15.6 Å². The first-order chi connectivity index (χ1) is 12.1. The molecule has 1 amide bonds. The molecule has 0 aliphatic rings. The first-order valence-corrected chi connectivity index (χ1v) is 8.00. The monoisotopic (exact) mass is 355 g/mol. The molecule has 0 spiro atoms. The van der Waals surface area contributed by atoms with Gasteiger partial charge in [-0.2, -0.15) is 0 Å². The molecule has 0 radical (unpaired) electrons. The molecule has 0 aliphatic carbocycles. The Morgan fingerprint density at radius 1 is 1.04 bits per heavy atom. The van der Waals surface area contributed by atoms with Gasteiger partial charge in [0.15, 0.2) is 0 Å². The van der Waals surface area contributed by atoms with Crippen molar-refractivity contribution in [3.8, 4) is 0 Å². The summed E-state index contributed by atoms with van der Waals surface area (Å²) >= 11 is 5.77. The lowest BCUT2D eigenvalue weighted by Crippen LogP contribution is -2.23. The number of anilines is 2. The number of aromatic nitrogens is 1. The van der Waals surface area contributed by atoms with Crippen molar-refractivity contribution < 1.29 is 9.18 Å². The molecular weight excluding hydrogens is 341 g/mol. The van der Waals surface area contributed by atoms with Crippen LogP contribution in [0.25, 0.3) is 0 Å². The summed E-state index contributed by atoms with van der Waals surface area (Å²) in [5.74, 6) is -0.757. The largest absolute Gasteiger partial charge is 0.355 e. The van der Waals surface area contributed by atoms with Gasteiger partial charge in [0.05, 0.1) is 5.02 Å². The topological polar surface area (TPSA) is 54.0 Å². The van der Waals surface area contributed by atoms with E-state index < -0.39 is 5.82 Å². The Balaban J connectivity index is 1.68. The van der Waals surface area contributed by atoms with Crippen LogP contribution in [0.3, 0.4) is 0 Å². The van der Waals surface area contributed by atoms with Gasteiger partial charge in [-0.15, -0.1) is 0 Å². The van der Waals surface area contributed by atoms with Gasteiger partial charge in [-0.25, -0.2) is 4.39 Å². The van der Waals surface area contributed by atoms with E-state index in [1.807, 2.05) is 30.3 Å². The molecule has 0 aliphatic heterocycles. The van der Waals surface area contributed by atoms with Crippen LogP contribution in [0, 0.1) is 5.82 Å². The SMILES string of the molecule is O=C(NCc1ccccc1)c1cc(Nc2ccc(F)c(Cl)c2)ccn1. The number of nitrogens with one attached hydrogen (secondary N) is 2. The molecule has 25 heavy (non-hydrogen) atoms. The van der Waals surface area contributed by atoms with Crippen LogP contribution in [0.2, 0.25) is 5.02 Å². The van der Waals surface area contributed by atoms with Crippen LogP contribution in [0.5, 0.6) is 0 Å². The normalized spacial score (nSPS) is 10.3. The molecule has 0 saturated heterocycles. The van der Waals surface area contributed by atoms with Gasteiger partial charge >= 0.3 is 0 Å². The quantitative estimate of drug-likeness (QED) is 0.706. The second kappa shape index (κ2) is 7.77. The van der Waals surface area contributed by atoms with Crippen LogP contribution in [-0.4, -0.2) is 10.9 Å². The van der Waals surface area contributed by atoms with Crippen LogP contribution in [0.1, 0.15) is 16.1 Å². The fraction of sp³-hybridized carbons (Fsp3) is 0.0526. The predicted molar refractivity (Wildman–Crippen MR) is 96.5 cm³/mol. The Kier molecular flexibility index (Phi) is 5.26. The molecule has 3 aromatic rings. The molecule has 0 fully saturated rings. The summed E-state index contributed by atoms with van der Waals surface area (Å²) in [6, 6.07) is 17.3. The third-order valence-corrected chi connectivity index (χ3v) is 3.79. The minimum Gasteiger partial charge on any atom is -0.355 e. The Morgan fingerprint density at radius 2 is 1.80 bits per heavy atom. The van der Waals surface area contributed by atoms with Gasteiger partial charge in [0, 0.05) is 24.1 Å². The van der Waals surface area contributed by atoms with E-state index >= 15 is 0 Å². The van der Waals surface area contributed by atoms with E-state index in [4.69, 9.17) is 11.6 Å². The smallest absolute Gasteiger partial charge is 0.270 e. The molecule has 2 aromatic carbocycles. The molecule has 4 nitrogen and oxygen atoms in total. The van der Waals surface area contributed by atoms with Crippen LogP contribution in [0.4, 0.5) is 15.8 Å². The third kappa shape index (κ3) is 4.55. The molecule has 126 valence electrons. The highest BCUT2D eigenvalue weighted by atomic mass is 35.5. The molecular formula is C19H15ClFN3O. The van der Waals surface area contributed by atoms with Gasteiger partial charge in [-0.3, -0.25) is 9.78 Å². The molecule has 1 aromatic heterocycles. The zero-order valence-corrected chi connectivity index (χ0v) is 13.9. The highest BCUT2D eigenvalue weighted by Crippen LogP contribution is 2.22. The third-order valence-electron chi connectivity index (χ3n) is 3.50. The van der Waals surface area contributed by atoms with Gasteiger partial charge < -0.3 is 10.6 Å². The van der Waals surface area contributed by atoms with Gasteiger partial charge in [0.25, 0.3) is 5.91 Å². The summed E-state index contributed by atoms with van der Waals surface area (Å²) in [5, 5.41) is 5.92. The lowest BCUT2D eigenvalue weighted by atomic mass is 10.2. The lowest BCUT2D eigenvalue weighted by molar-refractivity contribution is 0.0946. The molecule has 0 unspecified atom stereocenters. The van der Waals surface area contributed by atoms with Gasteiger partial charge in [-0.1, -0.05) is 41.9 Å². The van der Waals surface area contributed by atoms with E-state index in [0.29, 0.717) is 17.9 Å². The summed E-state index contributed by atoms with van der Waals surface area (Å²) < 4.78 is 13.2. The maximum atomic E-state index is 13.2. The molecule has 0 bridgehead atoms. The Labute approximate surface area is 149 Å². The molecule has 1 heterocycles. The average molecular weight is 356 g/mol. The highest BCUT2D eigenvalue weighted by Gasteiger charge is 2.08. The van der Waals surface area contributed by atoms with Crippen molar-refractivity contribution in [2.24, 2.45) is 0 Å². The van der Waals surface area contributed by atoms with Crippen LogP contribution in [-0.2, 0) is 6.54 Å². The van der Waals surface area contributed by atoms with Crippen molar-refractivity contribution in [2.45, 2.75) is 6.54 Å². The number of hydrogen-bond acceptors (Lipinski definition) is 3. The number of halogens is 2. The first kappa shape index (κ1) is 16.9. The molecule has 0 atom stereocenters. The highest BCUT2D eigenvalue weighted by molar-refractivity contribution is 6.31. The van der Waals surface area contributed by atoms with Gasteiger partial charge in [0.1, 0.15) is 11.5 Å². The number of nitrogens with zero attached hydrogens (tertiary/aromatic N) is 1. The zero-order chi connectivity index (χ0) is 17.6. The Hall–Kier alpha value is -2.92. The average Bonchev–Trinajstić information content (AvgIpc) is 2.64. The van der Waals surface area contributed by atoms with Crippen molar-refractivity contribution in [2.75, 3.05) is 5.32 Å². The standard InChI is InChI=1S/C19H15ClFN3O/c20-16-10-14(6-7-17(16)21)24-15-8-9-22-18(11-15)19(25)23-12-13-4-2-1-3-5-13/h1-11H,12H2,(H,22,24)(H,23,25). The summed E-state index contributed by atoms with van der Waals surface area (Å²) in [6.45, 7) is 0.423. The Bertz CT molecular complexity index is 887. The molecule has 6 heteroatoms. The van der Waals surface area contributed by atoms with E-state index in [9.17, 15) is 9.18 Å². The lowest BCUT2D eigenvalue weighted by Gasteiger charge is -2.09. The minimum absolute atomic E-state index is 0.0277. The number of amides is 1. The predicted octanol–water partition coefficient (Wildman–Crippen LogP) is 4.55. The maximum Gasteiger partial charge on any atom is 0.270 e. The minimum atomic E-state index is -0.483. The second-order valence-electron chi connectivity index (χ2n) is 5.35. The van der Waals surface area contributed by atoms with E-state index in [1.54, 1.807) is 18.2 Å². The number of rotatable bonds is 5. The van der Waals surface area contributed by atoms with E-state index in [-0.39, 0.29) is 16.6 Å². The van der Waals surface area contributed by atoms with Crippen molar-refractivity contribution in [1.29, 1.82) is 0 Å². The number of carbonyl (C=O) groups is 1. The van der Waals surface area contributed by atoms with Crippen LogP contribution < -0.4 is 10.6 Å². The number of hydrogen-bond donors (Lipinski definition) is 2. The fourth-order valence-electron chi connectivity index (χ4n) is 2.24. The fourth-order valence-corrected chi connectivity index (χ4v) is 2.42. The summed E-state index contributed by atoms with van der Waals surface area (Å²) in [7, 11) is 0. The Morgan fingerprint density at radius 3 is 2.56 bits per heavy atom. The summed E-state index contributed by atoms with van der Waals surface area (Å²) in [5.41, 5.74) is 2.57. The second-order valence-corrected chi connectivity index (χ2v) is 5.76. The van der Waals surface area contributed by atoms with Crippen molar-refractivity contribution in [3.05, 3.63) is 89.0 Å². The van der Waals surface area contributed by atoms with Crippen molar-refractivity contribution >= 4 is 28.9 Å². The van der Waals surface area contributed by atoms with Crippen molar-refractivity contribution in [3.63, 3.8) is 0 Å². The van der Waals surface area contributed by atoms with E-state index in [1.165, 1.54) is 18.3 Å². The van der Waals surface area contributed by atoms with Gasteiger partial charge in [-0.05, 0) is 35.9 Å². The van der Waals surface area contributed by atoms with Crippen LogP contribution >= 0.6 is 11.6 Å². The number of benzene rings is 2. The summed E-state index contributed by atoms with van der Waals surface area (Å²) in [4.78, 5) is 16.3. The van der Waals surface area contributed by atoms with Crippen molar-refractivity contribution in [1.82, 2.24) is 10.3 Å². The van der Waals surface area contributed by atoms with E-state index in [0.717, 1.165) is 5.56 Å². The first-order valence-electron chi connectivity index (χ1n) is 7.62. The zero-order valence-electron chi connectivity index (χ0n) is 13.2. The number of carbonyl (C=O) groups excluding carboxylic acids is 1. The molecule has 0 saturated carbocycles. The molecule has 3 rings (SSSR count). The number of pyridine rings is 1. The summed E-state index contributed by atoms with van der Waals surface area (Å²) in [6.07, 6.45) is 1.53. The van der Waals surface area contributed by atoms with Gasteiger partial charge in [0.2, 0.25) is 0 Å². The molecule has 2 N–H and O–H groups in total. The maximum absolute atomic E-state index is 13.2. The van der Waals surface area contributed by atoms with Crippen LogP contribution in [0.15, 0.2) is 66.9 Å².